The third kappa shape index (κ3) is 2.53. The lowest BCUT2D eigenvalue weighted by Crippen LogP contribution is -2.24. The van der Waals surface area contributed by atoms with E-state index in [1.807, 2.05) is 0 Å². The molecule has 1 aromatic rings. The predicted octanol–water partition coefficient (Wildman–Crippen LogP) is 3.69. The molecule has 0 aliphatic rings. The predicted molar refractivity (Wildman–Crippen MR) is 68.6 cm³/mol. The molecule has 0 atom stereocenters. The molecule has 1 nitrogen and oxygen atoms in total. The number of hydrogen-bond acceptors (Lipinski definition) is 1. The van der Waals surface area contributed by atoms with Crippen molar-refractivity contribution in [1.29, 1.82) is 0 Å². The zero-order valence-electron chi connectivity index (χ0n) is 10.8. The highest BCUT2D eigenvalue weighted by Crippen LogP contribution is 2.32. The van der Waals surface area contributed by atoms with Crippen molar-refractivity contribution in [1.82, 2.24) is 0 Å². The summed E-state index contributed by atoms with van der Waals surface area (Å²) in [5.74, 6) is 0.655. The molecule has 0 amide bonds. The van der Waals surface area contributed by atoms with Gasteiger partial charge in [0.25, 0.3) is 0 Å². The monoisotopic (exact) mass is 205 g/mol. The summed E-state index contributed by atoms with van der Waals surface area (Å²) in [6, 6.07) is 8.88. The van der Waals surface area contributed by atoms with E-state index in [0.29, 0.717) is 5.92 Å². The van der Waals surface area contributed by atoms with Gasteiger partial charge in [-0.05, 0) is 29.0 Å². The molecular formula is C14H23N. The molecule has 0 radical (unpaired) electrons. The quantitative estimate of drug-likeness (QED) is 0.727. The van der Waals surface area contributed by atoms with E-state index in [2.05, 4.69) is 71.0 Å². The van der Waals surface area contributed by atoms with Gasteiger partial charge in [-0.25, -0.2) is 0 Å². The van der Waals surface area contributed by atoms with Gasteiger partial charge in [0.2, 0.25) is 0 Å². The van der Waals surface area contributed by atoms with Crippen molar-refractivity contribution in [2.24, 2.45) is 5.92 Å². The molecule has 0 N–H and O–H groups in total. The van der Waals surface area contributed by atoms with Crippen LogP contribution in [0.4, 0.5) is 5.69 Å². The van der Waals surface area contributed by atoms with Crippen molar-refractivity contribution < 1.29 is 0 Å². The Morgan fingerprint density at radius 3 is 1.80 bits per heavy atom. The van der Waals surface area contributed by atoms with Crippen molar-refractivity contribution >= 4 is 5.69 Å². The number of benzene rings is 1. The summed E-state index contributed by atoms with van der Waals surface area (Å²) in [6.07, 6.45) is 0. The number of hydrogen-bond donors (Lipinski definition) is 0. The molecule has 0 unspecified atom stereocenters. The van der Waals surface area contributed by atoms with Crippen molar-refractivity contribution in [2.75, 3.05) is 19.0 Å². The summed E-state index contributed by atoms with van der Waals surface area (Å²) in [5, 5.41) is 0. The van der Waals surface area contributed by atoms with E-state index in [0.717, 1.165) is 0 Å². The molecule has 1 heteroatoms. The first-order valence-corrected chi connectivity index (χ1v) is 5.63. The van der Waals surface area contributed by atoms with E-state index < -0.39 is 0 Å². The van der Waals surface area contributed by atoms with Crippen LogP contribution in [0.2, 0.25) is 0 Å². The van der Waals surface area contributed by atoms with E-state index in [4.69, 9.17) is 0 Å². The summed E-state index contributed by atoms with van der Waals surface area (Å²) in [6.45, 7) is 9.17. The second-order valence-electron chi connectivity index (χ2n) is 5.32. The fourth-order valence-corrected chi connectivity index (χ4v) is 1.52. The average Bonchev–Trinajstić information content (AvgIpc) is 2.17. The third-order valence-electron chi connectivity index (χ3n) is 3.57. The Labute approximate surface area is 94.1 Å². The van der Waals surface area contributed by atoms with E-state index in [1.165, 1.54) is 11.3 Å². The van der Waals surface area contributed by atoms with Crippen molar-refractivity contribution in [3.8, 4) is 0 Å². The summed E-state index contributed by atoms with van der Waals surface area (Å²) >= 11 is 0. The van der Waals surface area contributed by atoms with E-state index in [9.17, 15) is 0 Å². The Hall–Kier alpha value is -0.980. The number of rotatable bonds is 3. The van der Waals surface area contributed by atoms with E-state index >= 15 is 0 Å². The first-order chi connectivity index (χ1) is 6.85. The Morgan fingerprint density at radius 2 is 1.47 bits per heavy atom. The third-order valence-corrected chi connectivity index (χ3v) is 3.57. The molecule has 1 rings (SSSR count). The average molecular weight is 205 g/mol. The van der Waals surface area contributed by atoms with Gasteiger partial charge in [0.1, 0.15) is 0 Å². The lowest BCUT2D eigenvalue weighted by Gasteiger charge is -2.30. The lowest BCUT2D eigenvalue weighted by molar-refractivity contribution is 0.372. The van der Waals surface area contributed by atoms with Gasteiger partial charge in [-0.2, -0.15) is 0 Å². The maximum absolute atomic E-state index is 2.31. The second-order valence-corrected chi connectivity index (χ2v) is 5.32. The maximum atomic E-state index is 2.31. The normalized spacial score (nSPS) is 11.9. The van der Waals surface area contributed by atoms with Crippen LogP contribution >= 0.6 is 0 Å². The second kappa shape index (κ2) is 4.26. The smallest absolute Gasteiger partial charge is 0.0361 e. The van der Waals surface area contributed by atoms with Gasteiger partial charge in [0.15, 0.2) is 0 Å². The highest BCUT2D eigenvalue weighted by atomic mass is 15.1. The van der Waals surface area contributed by atoms with E-state index in [-0.39, 0.29) is 5.41 Å². The zero-order valence-corrected chi connectivity index (χ0v) is 10.8. The standard InChI is InChI=1S/C14H23N/c1-11(2)14(3,4)12-7-9-13(10-8-12)15(5)6/h7-11H,1-6H3. The van der Waals surface area contributed by atoms with Gasteiger partial charge < -0.3 is 4.90 Å². The summed E-state index contributed by atoms with van der Waals surface area (Å²) in [7, 11) is 4.14. The van der Waals surface area contributed by atoms with Crippen LogP contribution in [0.15, 0.2) is 24.3 Å². The minimum atomic E-state index is 0.255. The minimum absolute atomic E-state index is 0.255. The molecule has 15 heavy (non-hydrogen) atoms. The Balaban J connectivity index is 2.98. The molecule has 0 aliphatic heterocycles. The summed E-state index contributed by atoms with van der Waals surface area (Å²) in [5.41, 5.74) is 2.94. The molecule has 0 aliphatic carbocycles. The molecule has 84 valence electrons. The van der Waals surface area contributed by atoms with Gasteiger partial charge in [-0.3, -0.25) is 0 Å². The van der Waals surface area contributed by atoms with Gasteiger partial charge in [0.05, 0.1) is 0 Å². The highest BCUT2D eigenvalue weighted by molar-refractivity contribution is 5.47. The first kappa shape index (κ1) is 12.1. The van der Waals surface area contributed by atoms with Crippen molar-refractivity contribution in [3.63, 3.8) is 0 Å². The van der Waals surface area contributed by atoms with Gasteiger partial charge in [-0.1, -0.05) is 39.8 Å². The first-order valence-electron chi connectivity index (χ1n) is 5.63. The van der Waals surface area contributed by atoms with Gasteiger partial charge >= 0.3 is 0 Å². The molecule has 0 fully saturated rings. The number of nitrogens with zero attached hydrogens (tertiary/aromatic N) is 1. The van der Waals surface area contributed by atoms with Crippen molar-refractivity contribution in [2.45, 2.75) is 33.1 Å². The van der Waals surface area contributed by atoms with Crippen LogP contribution in [-0.4, -0.2) is 14.1 Å². The SMILES string of the molecule is CC(C)C(C)(C)c1ccc(N(C)C)cc1. The summed E-state index contributed by atoms with van der Waals surface area (Å²) in [4.78, 5) is 2.13. The van der Waals surface area contributed by atoms with Crippen LogP contribution in [0.25, 0.3) is 0 Å². The Bertz CT molecular complexity index is 307. The number of anilines is 1. The Kier molecular flexibility index (Phi) is 3.43. The largest absolute Gasteiger partial charge is 0.378 e. The van der Waals surface area contributed by atoms with Crippen molar-refractivity contribution in [3.05, 3.63) is 29.8 Å². The maximum Gasteiger partial charge on any atom is 0.0361 e. The highest BCUT2D eigenvalue weighted by Gasteiger charge is 2.24. The van der Waals surface area contributed by atoms with Crippen LogP contribution in [0.3, 0.4) is 0 Å². The van der Waals surface area contributed by atoms with Gasteiger partial charge in [-0.15, -0.1) is 0 Å². The topological polar surface area (TPSA) is 3.24 Å². The molecule has 0 bridgehead atoms. The fourth-order valence-electron chi connectivity index (χ4n) is 1.52. The molecule has 0 saturated carbocycles. The van der Waals surface area contributed by atoms with Crippen LogP contribution in [0.1, 0.15) is 33.3 Å². The molecule has 0 saturated heterocycles. The molecule has 0 heterocycles. The zero-order chi connectivity index (χ0) is 11.6. The minimum Gasteiger partial charge on any atom is -0.378 e. The molecular weight excluding hydrogens is 182 g/mol. The van der Waals surface area contributed by atoms with Gasteiger partial charge in [0, 0.05) is 19.8 Å². The van der Waals surface area contributed by atoms with Crippen LogP contribution in [0, 0.1) is 5.92 Å². The van der Waals surface area contributed by atoms with Crippen LogP contribution in [-0.2, 0) is 5.41 Å². The van der Waals surface area contributed by atoms with E-state index in [1.54, 1.807) is 0 Å². The fraction of sp³-hybridized carbons (Fsp3) is 0.571. The summed E-state index contributed by atoms with van der Waals surface area (Å²) < 4.78 is 0. The Morgan fingerprint density at radius 1 is 1.00 bits per heavy atom. The molecule has 1 aromatic carbocycles. The van der Waals surface area contributed by atoms with Crippen LogP contribution < -0.4 is 4.90 Å². The van der Waals surface area contributed by atoms with Crippen LogP contribution in [0.5, 0.6) is 0 Å². The molecule has 0 aromatic heterocycles. The lowest BCUT2D eigenvalue weighted by atomic mass is 9.75. The molecule has 0 spiro atoms.